The fourth-order valence-electron chi connectivity index (χ4n) is 1.53. The Hall–Kier alpha value is -0.830. The second-order valence-electron chi connectivity index (χ2n) is 4.31. The van der Waals surface area contributed by atoms with Gasteiger partial charge in [-0.2, -0.15) is 0 Å². The smallest absolute Gasteiger partial charge is 0.224 e. The predicted molar refractivity (Wildman–Crippen MR) is 75.5 cm³/mol. The zero-order valence-corrected chi connectivity index (χ0v) is 12.1. The second kappa shape index (κ2) is 7.49. The number of carbonyl (C=O) groups is 1. The number of halogens is 1. The normalized spacial score (nSPS) is 12.2. The summed E-state index contributed by atoms with van der Waals surface area (Å²) < 4.78 is 0. The number of hydrogen-bond donors (Lipinski definition) is 1. The molecule has 1 N–H and O–H groups in total. The van der Waals surface area contributed by atoms with Crippen molar-refractivity contribution in [3.05, 3.63) is 35.4 Å². The van der Waals surface area contributed by atoms with Crippen molar-refractivity contribution in [1.82, 2.24) is 5.32 Å². The lowest BCUT2D eigenvalue weighted by Gasteiger charge is -2.08. The number of rotatable bonds is 6. The van der Waals surface area contributed by atoms with E-state index in [1.807, 2.05) is 31.2 Å². The Balaban J connectivity index is 2.27. The van der Waals surface area contributed by atoms with E-state index in [0.717, 1.165) is 24.9 Å². The summed E-state index contributed by atoms with van der Waals surface area (Å²) in [6.07, 6.45) is 2.54. The highest BCUT2D eigenvalue weighted by Gasteiger charge is 2.04. The maximum Gasteiger partial charge on any atom is 0.224 e. The number of alkyl halides is 1. The molecule has 0 saturated carbocycles. The highest BCUT2D eigenvalue weighted by Crippen LogP contribution is 2.08. The third-order valence-electron chi connectivity index (χ3n) is 2.71. The van der Waals surface area contributed by atoms with Crippen LogP contribution in [0, 0.1) is 6.92 Å². The van der Waals surface area contributed by atoms with E-state index >= 15 is 0 Å². The summed E-state index contributed by atoms with van der Waals surface area (Å²) >= 11 is 3.55. The lowest BCUT2D eigenvalue weighted by atomic mass is 10.1. The standard InChI is InChI=1S/C14H20BrNO/c1-3-13(15)8-9-16-14(17)10-12-6-4-11(2)5-7-12/h4-7,13H,3,8-10H2,1-2H3,(H,16,17). The molecule has 17 heavy (non-hydrogen) atoms. The van der Waals surface area contributed by atoms with E-state index in [0.29, 0.717) is 11.2 Å². The van der Waals surface area contributed by atoms with Crippen LogP contribution in [-0.4, -0.2) is 17.3 Å². The number of hydrogen-bond acceptors (Lipinski definition) is 1. The van der Waals surface area contributed by atoms with E-state index < -0.39 is 0 Å². The number of amides is 1. The first-order valence-electron chi connectivity index (χ1n) is 6.08. The molecule has 3 heteroatoms. The van der Waals surface area contributed by atoms with Gasteiger partial charge in [0.25, 0.3) is 0 Å². The fourth-order valence-corrected chi connectivity index (χ4v) is 1.76. The highest BCUT2D eigenvalue weighted by molar-refractivity contribution is 9.09. The van der Waals surface area contributed by atoms with Crippen LogP contribution in [0.5, 0.6) is 0 Å². The van der Waals surface area contributed by atoms with Crippen LogP contribution in [0.15, 0.2) is 24.3 Å². The molecule has 0 saturated heterocycles. The van der Waals surface area contributed by atoms with E-state index in [9.17, 15) is 4.79 Å². The Morgan fingerprint density at radius 1 is 1.35 bits per heavy atom. The van der Waals surface area contributed by atoms with Gasteiger partial charge in [0.2, 0.25) is 5.91 Å². The summed E-state index contributed by atoms with van der Waals surface area (Å²) in [5.41, 5.74) is 2.29. The minimum atomic E-state index is 0.102. The zero-order chi connectivity index (χ0) is 12.7. The molecule has 0 aliphatic rings. The molecule has 0 heterocycles. The van der Waals surface area contributed by atoms with Crippen LogP contribution in [0.2, 0.25) is 0 Å². The molecule has 1 aromatic rings. The van der Waals surface area contributed by atoms with E-state index in [2.05, 4.69) is 28.2 Å². The van der Waals surface area contributed by atoms with Crippen LogP contribution in [0.1, 0.15) is 30.9 Å². The molecule has 0 spiro atoms. The number of carbonyl (C=O) groups excluding carboxylic acids is 1. The predicted octanol–water partition coefficient (Wildman–Crippen LogP) is 3.22. The van der Waals surface area contributed by atoms with Crippen LogP contribution in [0.3, 0.4) is 0 Å². The molecule has 1 atom stereocenters. The Kier molecular flexibility index (Phi) is 6.27. The molecule has 2 nitrogen and oxygen atoms in total. The molecule has 1 aromatic carbocycles. The first kappa shape index (κ1) is 14.2. The van der Waals surface area contributed by atoms with Crippen molar-refractivity contribution in [3.8, 4) is 0 Å². The Bertz CT molecular complexity index is 348. The maximum absolute atomic E-state index is 11.6. The quantitative estimate of drug-likeness (QED) is 0.803. The monoisotopic (exact) mass is 297 g/mol. The Labute approximate surface area is 112 Å². The minimum Gasteiger partial charge on any atom is -0.356 e. The van der Waals surface area contributed by atoms with Crippen LogP contribution < -0.4 is 5.32 Å². The second-order valence-corrected chi connectivity index (χ2v) is 5.60. The topological polar surface area (TPSA) is 29.1 Å². The van der Waals surface area contributed by atoms with Gasteiger partial charge >= 0.3 is 0 Å². The van der Waals surface area contributed by atoms with E-state index in [1.54, 1.807) is 0 Å². The van der Waals surface area contributed by atoms with E-state index in [1.165, 1.54) is 5.56 Å². The molecular formula is C14H20BrNO. The molecule has 1 rings (SSSR count). The Morgan fingerprint density at radius 2 is 2.00 bits per heavy atom. The SMILES string of the molecule is CCC(Br)CCNC(=O)Cc1ccc(C)cc1. The average Bonchev–Trinajstić information content (AvgIpc) is 2.32. The van der Waals surface area contributed by atoms with E-state index in [4.69, 9.17) is 0 Å². The van der Waals surface area contributed by atoms with Crippen molar-refractivity contribution in [2.75, 3.05) is 6.54 Å². The van der Waals surface area contributed by atoms with Crippen molar-refractivity contribution in [2.24, 2.45) is 0 Å². The molecule has 0 bridgehead atoms. The van der Waals surface area contributed by atoms with Gasteiger partial charge in [-0.1, -0.05) is 52.7 Å². The first-order valence-corrected chi connectivity index (χ1v) is 6.99. The summed E-state index contributed by atoms with van der Waals surface area (Å²) in [6, 6.07) is 8.09. The molecule has 0 aromatic heterocycles. The van der Waals surface area contributed by atoms with Crippen molar-refractivity contribution >= 4 is 21.8 Å². The highest BCUT2D eigenvalue weighted by atomic mass is 79.9. The largest absolute Gasteiger partial charge is 0.356 e. The van der Waals surface area contributed by atoms with Crippen LogP contribution in [-0.2, 0) is 11.2 Å². The molecule has 0 fully saturated rings. The molecule has 0 aliphatic heterocycles. The van der Waals surface area contributed by atoms with Gasteiger partial charge < -0.3 is 5.32 Å². The van der Waals surface area contributed by atoms with Crippen molar-refractivity contribution in [2.45, 2.75) is 37.9 Å². The molecule has 94 valence electrons. The van der Waals surface area contributed by atoms with Crippen LogP contribution >= 0.6 is 15.9 Å². The van der Waals surface area contributed by atoms with Crippen LogP contribution in [0.4, 0.5) is 0 Å². The van der Waals surface area contributed by atoms with Gasteiger partial charge in [0, 0.05) is 11.4 Å². The lowest BCUT2D eigenvalue weighted by Crippen LogP contribution is -2.27. The first-order chi connectivity index (χ1) is 8.11. The minimum absolute atomic E-state index is 0.102. The molecular weight excluding hydrogens is 278 g/mol. The van der Waals surface area contributed by atoms with Gasteiger partial charge in [-0.3, -0.25) is 4.79 Å². The fraction of sp³-hybridized carbons (Fsp3) is 0.500. The summed E-state index contributed by atoms with van der Waals surface area (Å²) in [7, 11) is 0. The number of aryl methyl sites for hydroxylation is 1. The average molecular weight is 298 g/mol. The van der Waals surface area contributed by atoms with Crippen LogP contribution in [0.25, 0.3) is 0 Å². The van der Waals surface area contributed by atoms with Gasteiger partial charge in [0.15, 0.2) is 0 Å². The van der Waals surface area contributed by atoms with Crippen molar-refractivity contribution in [3.63, 3.8) is 0 Å². The molecule has 1 unspecified atom stereocenters. The molecule has 0 radical (unpaired) electrons. The Morgan fingerprint density at radius 3 is 2.59 bits per heavy atom. The lowest BCUT2D eigenvalue weighted by molar-refractivity contribution is -0.120. The summed E-state index contributed by atoms with van der Waals surface area (Å²) in [5, 5.41) is 2.94. The maximum atomic E-state index is 11.6. The van der Waals surface area contributed by atoms with Crippen molar-refractivity contribution < 1.29 is 4.79 Å². The van der Waals surface area contributed by atoms with Crippen molar-refractivity contribution in [1.29, 1.82) is 0 Å². The third-order valence-corrected chi connectivity index (χ3v) is 3.81. The summed E-state index contributed by atoms with van der Waals surface area (Å²) in [6.45, 7) is 4.92. The molecule has 0 aliphatic carbocycles. The van der Waals surface area contributed by atoms with Gasteiger partial charge in [-0.15, -0.1) is 0 Å². The third kappa shape index (κ3) is 5.87. The van der Waals surface area contributed by atoms with E-state index in [-0.39, 0.29) is 5.91 Å². The number of nitrogens with one attached hydrogen (secondary N) is 1. The summed E-state index contributed by atoms with van der Waals surface area (Å²) in [5.74, 6) is 0.102. The van der Waals surface area contributed by atoms with Gasteiger partial charge in [-0.05, 0) is 25.3 Å². The zero-order valence-electron chi connectivity index (χ0n) is 10.5. The van der Waals surface area contributed by atoms with Gasteiger partial charge in [0.1, 0.15) is 0 Å². The number of benzene rings is 1. The van der Waals surface area contributed by atoms with Gasteiger partial charge in [0.05, 0.1) is 6.42 Å². The molecule has 1 amide bonds. The summed E-state index contributed by atoms with van der Waals surface area (Å²) in [4.78, 5) is 12.1. The van der Waals surface area contributed by atoms with Gasteiger partial charge in [-0.25, -0.2) is 0 Å².